The summed E-state index contributed by atoms with van der Waals surface area (Å²) in [5.41, 5.74) is 0.517. The molecule has 3 rings (SSSR count). The van der Waals surface area contributed by atoms with Gasteiger partial charge in [-0.1, -0.05) is 6.08 Å². The van der Waals surface area contributed by atoms with E-state index >= 15 is 0 Å². The largest absolute Gasteiger partial charge is 0.484 e. The van der Waals surface area contributed by atoms with E-state index in [2.05, 4.69) is 11.1 Å². The van der Waals surface area contributed by atoms with Crippen LogP contribution in [0.3, 0.4) is 0 Å². The third kappa shape index (κ3) is 2.91. The molecule has 6 heteroatoms. The van der Waals surface area contributed by atoms with Crippen molar-refractivity contribution >= 4 is 20.9 Å². The van der Waals surface area contributed by atoms with E-state index in [4.69, 9.17) is 9.88 Å². The summed E-state index contributed by atoms with van der Waals surface area (Å²) in [7, 11) is -3.79. The molecule has 1 unspecified atom stereocenters. The van der Waals surface area contributed by atoms with Crippen LogP contribution in [0, 0.1) is 0 Å². The van der Waals surface area contributed by atoms with Gasteiger partial charge >= 0.3 is 0 Å². The van der Waals surface area contributed by atoms with Crippen LogP contribution in [0.1, 0.15) is 19.3 Å². The van der Waals surface area contributed by atoms with Crippen molar-refractivity contribution in [3.8, 4) is 5.75 Å². The average molecular weight is 304 g/mol. The zero-order valence-electron chi connectivity index (χ0n) is 11.4. The minimum atomic E-state index is -3.79. The SMILES string of the molecule is NS(=O)(=O)c1ccc(OC2C=CCCC2)c2ncccc12. The van der Waals surface area contributed by atoms with Crippen LogP contribution in [0.4, 0.5) is 0 Å². The Morgan fingerprint density at radius 1 is 1.29 bits per heavy atom. The molecule has 1 aliphatic rings. The first kappa shape index (κ1) is 14.0. The Bertz CT molecular complexity index is 800. The van der Waals surface area contributed by atoms with Gasteiger partial charge in [0.1, 0.15) is 17.4 Å². The van der Waals surface area contributed by atoms with Crippen LogP contribution in [-0.2, 0) is 10.0 Å². The number of hydrogen-bond acceptors (Lipinski definition) is 4. The van der Waals surface area contributed by atoms with Gasteiger partial charge < -0.3 is 4.74 Å². The molecular formula is C15H16N2O3S. The highest BCUT2D eigenvalue weighted by Crippen LogP contribution is 2.30. The average Bonchev–Trinajstić information content (AvgIpc) is 2.47. The summed E-state index contributed by atoms with van der Waals surface area (Å²) in [6.45, 7) is 0. The smallest absolute Gasteiger partial charge is 0.238 e. The first-order valence-corrected chi connectivity index (χ1v) is 8.34. The maximum atomic E-state index is 11.6. The van der Waals surface area contributed by atoms with Crippen molar-refractivity contribution in [2.75, 3.05) is 0 Å². The van der Waals surface area contributed by atoms with Crippen molar-refractivity contribution in [2.45, 2.75) is 30.3 Å². The molecule has 0 spiro atoms. The molecule has 21 heavy (non-hydrogen) atoms. The molecule has 0 radical (unpaired) electrons. The van der Waals surface area contributed by atoms with E-state index in [1.807, 2.05) is 6.08 Å². The summed E-state index contributed by atoms with van der Waals surface area (Å²) >= 11 is 0. The van der Waals surface area contributed by atoms with Crippen molar-refractivity contribution in [1.82, 2.24) is 4.98 Å². The molecule has 1 aromatic heterocycles. The van der Waals surface area contributed by atoms with E-state index in [0.29, 0.717) is 16.7 Å². The third-order valence-electron chi connectivity index (χ3n) is 3.49. The van der Waals surface area contributed by atoms with Crippen LogP contribution in [0.25, 0.3) is 10.9 Å². The summed E-state index contributed by atoms with van der Waals surface area (Å²) < 4.78 is 29.2. The predicted molar refractivity (Wildman–Crippen MR) is 80.5 cm³/mol. The number of pyridine rings is 1. The Morgan fingerprint density at radius 2 is 2.14 bits per heavy atom. The second kappa shape index (κ2) is 5.46. The van der Waals surface area contributed by atoms with Crippen molar-refractivity contribution < 1.29 is 13.2 Å². The molecule has 2 aromatic rings. The lowest BCUT2D eigenvalue weighted by atomic mass is 10.1. The molecule has 5 nitrogen and oxygen atoms in total. The van der Waals surface area contributed by atoms with E-state index in [9.17, 15) is 8.42 Å². The molecule has 1 heterocycles. The quantitative estimate of drug-likeness (QED) is 0.883. The summed E-state index contributed by atoms with van der Waals surface area (Å²) in [4.78, 5) is 4.32. The number of ether oxygens (including phenoxy) is 1. The number of hydrogen-bond donors (Lipinski definition) is 1. The lowest BCUT2D eigenvalue weighted by molar-refractivity contribution is 0.232. The van der Waals surface area contributed by atoms with Crippen molar-refractivity contribution in [3.63, 3.8) is 0 Å². The number of nitrogens with zero attached hydrogens (tertiary/aromatic N) is 1. The van der Waals surface area contributed by atoms with Crippen molar-refractivity contribution in [2.24, 2.45) is 5.14 Å². The van der Waals surface area contributed by atoms with Gasteiger partial charge in [-0.2, -0.15) is 0 Å². The summed E-state index contributed by atoms with van der Waals surface area (Å²) in [6, 6.07) is 6.46. The fourth-order valence-corrected chi connectivity index (χ4v) is 3.24. The number of sulfonamides is 1. The zero-order valence-corrected chi connectivity index (χ0v) is 12.2. The molecule has 0 saturated carbocycles. The summed E-state index contributed by atoms with van der Waals surface area (Å²) in [6.07, 6.45) is 8.85. The maximum absolute atomic E-state index is 11.6. The van der Waals surface area contributed by atoms with Gasteiger partial charge in [-0.05, 0) is 49.6 Å². The Labute approximate surface area is 123 Å². The molecule has 1 aromatic carbocycles. The molecule has 1 aliphatic carbocycles. The highest BCUT2D eigenvalue weighted by molar-refractivity contribution is 7.89. The number of rotatable bonds is 3. The van der Waals surface area contributed by atoms with Crippen LogP contribution in [0.2, 0.25) is 0 Å². The third-order valence-corrected chi connectivity index (χ3v) is 4.46. The number of benzene rings is 1. The minimum absolute atomic E-state index is 0.00397. The molecule has 0 saturated heterocycles. The van der Waals surface area contributed by atoms with Crippen LogP contribution in [-0.4, -0.2) is 19.5 Å². The maximum Gasteiger partial charge on any atom is 0.238 e. The van der Waals surface area contributed by atoms with E-state index in [1.54, 1.807) is 24.4 Å². The van der Waals surface area contributed by atoms with Gasteiger partial charge in [-0.25, -0.2) is 13.6 Å². The molecule has 0 amide bonds. The Hall–Kier alpha value is -1.92. The topological polar surface area (TPSA) is 82.3 Å². The highest BCUT2D eigenvalue weighted by atomic mass is 32.2. The van der Waals surface area contributed by atoms with Crippen LogP contribution in [0.15, 0.2) is 47.5 Å². The Kier molecular flexibility index (Phi) is 3.65. The molecule has 0 aliphatic heterocycles. The van der Waals surface area contributed by atoms with E-state index in [-0.39, 0.29) is 11.0 Å². The van der Waals surface area contributed by atoms with Crippen molar-refractivity contribution in [1.29, 1.82) is 0 Å². The standard InChI is InChI=1S/C15H16N2O3S/c16-21(18,19)14-9-8-13(15-12(14)7-4-10-17-15)20-11-5-2-1-3-6-11/h2,4-5,7-11H,1,3,6H2,(H2,16,18,19). The van der Waals surface area contributed by atoms with Gasteiger partial charge in [0.25, 0.3) is 0 Å². The molecule has 110 valence electrons. The second-order valence-electron chi connectivity index (χ2n) is 5.02. The van der Waals surface area contributed by atoms with Gasteiger partial charge in [0, 0.05) is 11.6 Å². The summed E-state index contributed by atoms with van der Waals surface area (Å²) in [5.74, 6) is 0.578. The number of fused-ring (bicyclic) bond motifs is 1. The van der Waals surface area contributed by atoms with E-state index in [1.165, 1.54) is 6.07 Å². The Balaban J connectivity index is 2.09. The number of allylic oxidation sites excluding steroid dienone is 1. The van der Waals surface area contributed by atoms with E-state index in [0.717, 1.165) is 19.3 Å². The number of aromatic nitrogens is 1. The number of primary sulfonamides is 1. The number of nitrogens with two attached hydrogens (primary N) is 1. The van der Waals surface area contributed by atoms with Gasteiger partial charge in [0.2, 0.25) is 10.0 Å². The molecular weight excluding hydrogens is 288 g/mol. The minimum Gasteiger partial charge on any atom is -0.484 e. The first-order chi connectivity index (χ1) is 10.1. The normalized spacial score (nSPS) is 18.8. The van der Waals surface area contributed by atoms with Crippen LogP contribution in [0.5, 0.6) is 5.75 Å². The molecule has 0 bridgehead atoms. The lowest BCUT2D eigenvalue weighted by Crippen LogP contribution is -2.17. The lowest BCUT2D eigenvalue weighted by Gasteiger charge is -2.19. The highest BCUT2D eigenvalue weighted by Gasteiger charge is 2.18. The van der Waals surface area contributed by atoms with Gasteiger partial charge in [0.05, 0.1) is 4.90 Å². The van der Waals surface area contributed by atoms with Crippen molar-refractivity contribution in [3.05, 3.63) is 42.6 Å². The molecule has 1 atom stereocenters. The van der Waals surface area contributed by atoms with Crippen LogP contribution >= 0.6 is 0 Å². The fraction of sp³-hybridized carbons (Fsp3) is 0.267. The monoisotopic (exact) mass is 304 g/mol. The second-order valence-corrected chi connectivity index (χ2v) is 6.55. The van der Waals surface area contributed by atoms with Gasteiger partial charge in [-0.15, -0.1) is 0 Å². The molecule has 0 fully saturated rings. The van der Waals surface area contributed by atoms with Gasteiger partial charge in [-0.3, -0.25) is 4.98 Å². The predicted octanol–water partition coefficient (Wildman–Crippen LogP) is 2.37. The Morgan fingerprint density at radius 3 is 2.86 bits per heavy atom. The summed E-state index contributed by atoms with van der Waals surface area (Å²) in [5, 5.41) is 5.73. The van der Waals surface area contributed by atoms with Gasteiger partial charge in [0.15, 0.2) is 0 Å². The fourth-order valence-electron chi connectivity index (χ4n) is 2.51. The zero-order chi connectivity index (χ0) is 14.9. The molecule has 2 N–H and O–H groups in total. The first-order valence-electron chi connectivity index (χ1n) is 6.79. The van der Waals surface area contributed by atoms with E-state index < -0.39 is 10.0 Å². The van der Waals surface area contributed by atoms with Crippen LogP contribution < -0.4 is 9.88 Å².